The van der Waals surface area contributed by atoms with E-state index in [1.54, 1.807) is 0 Å². The number of carbonyl (C=O) groups excluding carboxylic acids is 1. The Morgan fingerprint density at radius 3 is 2.42 bits per heavy atom. The molecule has 1 heterocycles. The molecule has 0 saturated carbocycles. The highest BCUT2D eigenvalue weighted by molar-refractivity contribution is 5.94. The van der Waals surface area contributed by atoms with Crippen LogP contribution in [-0.2, 0) is 11.2 Å². The van der Waals surface area contributed by atoms with Crippen LogP contribution in [0.3, 0.4) is 0 Å². The molecule has 0 radical (unpaired) electrons. The van der Waals surface area contributed by atoms with Crippen molar-refractivity contribution in [3.63, 3.8) is 0 Å². The van der Waals surface area contributed by atoms with Gasteiger partial charge in [-0.25, -0.2) is 0 Å². The maximum Gasteiger partial charge on any atom is 0.254 e. The van der Waals surface area contributed by atoms with Gasteiger partial charge in [-0.2, -0.15) is 0 Å². The maximum atomic E-state index is 12.2. The lowest BCUT2D eigenvalue weighted by atomic mass is 10.0. The number of benzene rings is 1. The smallest absolute Gasteiger partial charge is 0.254 e. The number of morpholine rings is 1. The number of amides is 1. The molecular formula is C16H23NO2. The van der Waals surface area contributed by atoms with E-state index in [2.05, 4.69) is 26.0 Å². The summed E-state index contributed by atoms with van der Waals surface area (Å²) in [7, 11) is 0. The number of nitrogens with zero attached hydrogens (tertiary/aromatic N) is 1. The van der Waals surface area contributed by atoms with E-state index >= 15 is 0 Å². The zero-order chi connectivity index (χ0) is 13.7. The molecule has 0 aliphatic carbocycles. The van der Waals surface area contributed by atoms with Crippen molar-refractivity contribution in [3.05, 3.63) is 35.4 Å². The van der Waals surface area contributed by atoms with E-state index in [0.717, 1.165) is 17.9 Å². The summed E-state index contributed by atoms with van der Waals surface area (Å²) in [5, 5.41) is 0. The molecule has 1 aliphatic rings. The first-order valence-corrected chi connectivity index (χ1v) is 7.13. The van der Waals surface area contributed by atoms with Gasteiger partial charge in [-0.3, -0.25) is 4.79 Å². The van der Waals surface area contributed by atoms with Crippen LogP contribution in [-0.4, -0.2) is 37.1 Å². The fourth-order valence-corrected chi connectivity index (χ4v) is 2.22. The van der Waals surface area contributed by atoms with Crippen LogP contribution < -0.4 is 0 Å². The van der Waals surface area contributed by atoms with Gasteiger partial charge in [0.25, 0.3) is 5.91 Å². The van der Waals surface area contributed by atoms with Crippen LogP contribution in [0.25, 0.3) is 0 Å². The van der Waals surface area contributed by atoms with E-state index in [-0.39, 0.29) is 5.91 Å². The lowest BCUT2D eigenvalue weighted by Gasteiger charge is -2.26. The summed E-state index contributed by atoms with van der Waals surface area (Å²) in [6, 6.07) is 8.06. The molecule has 0 unspecified atom stereocenters. The van der Waals surface area contributed by atoms with E-state index < -0.39 is 0 Å². The number of hydrogen-bond acceptors (Lipinski definition) is 2. The van der Waals surface area contributed by atoms with Crippen molar-refractivity contribution in [2.24, 2.45) is 5.92 Å². The number of rotatable bonds is 4. The Balaban J connectivity index is 1.95. The van der Waals surface area contributed by atoms with Crippen LogP contribution in [0.2, 0.25) is 0 Å². The molecule has 3 nitrogen and oxygen atoms in total. The molecule has 2 rings (SSSR count). The van der Waals surface area contributed by atoms with E-state index in [1.807, 2.05) is 17.0 Å². The van der Waals surface area contributed by atoms with E-state index in [1.165, 1.54) is 12.0 Å². The number of carbonyl (C=O) groups is 1. The highest BCUT2D eigenvalue weighted by atomic mass is 16.5. The van der Waals surface area contributed by atoms with Crippen LogP contribution in [0.5, 0.6) is 0 Å². The van der Waals surface area contributed by atoms with Gasteiger partial charge in [-0.05, 0) is 36.5 Å². The molecular weight excluding hydrogens is 238 g/mol. The van der Waals surface area contributed by atoms with Gasteiger partial charge in [0, 0.05) is 18.7 Å². The fraction of sp³-hybridized carbons (Fsp3) is 0.562. The van der Waals surface area contributed by atoms with Crippen LogP contribution in [0.4, 0.5) is 0 Å². The molecule has 1 fully saturated rings. The fourth-order valence-electron chi connectivity index (χ4n) is 2.22. The molecule has 0 aromatic heterocycles. The molecule has 1 aliphatic heterocycles. The summed E-state index contributed by atoms with van der Waals surface area (Å²) < 4.78 is 5.27. The SMILES string of the molecule is CC(C)CCc1ccc(C(=O)N2CCOCC2)cc1. The van der Waals surface area contributed by atoms with E-state index in [4.69, 9.17) is 4.74 Å². The van der Waals surface area contributed by atoms with Crippen LogP contribution in [0, 0.1) is 5.92 Å². The van der Waals surface area contributed by atoms with Crippen molar-refractivity contribution >= 4 is 5.91 Å². The molecule has 1 saturated heterocycles. The number of hydrogen-bond donors (Lipinski definition) is 0. The second kappa shape index (κ2) is 6.71. The molecule has 0 N–H and O–H groups in total. The third kappa shape index (κ3) is 4.06. The van der Waals surface area contributed by atoms with Crippen molar-refractivity contribution in [1.29, 1.82) is 0 Å². The quantitative estimate of drug-likeness (QED) is 0.834. The number of aryl methyl sites for hydroxylation is 1. The maximum absolute atomic E-state index is 12.2. The first-order valence-electron chi connectivity index (χ1n) is 7.13. The Labute approximate surface area is 115 Å². The third-order valence-electron chi connectivity index (χ3n) is 3.51. The summed E-state index contributed by atoms with van der Waals surface area (Å²) in [5.41, 5.74) is 2.10. The zero-order valence-electron chi connectivity index (χ0n) is 11.9. The van der Waals surface area contributed by atoms with Crippen molar-refractivity contribution in [1.82, 2.24) is 4.90 Å². The lowest BCUT2D eigenvalue weighted by molar-refractivity contribution is 0.0303. The van der Waals surface area contributed by atoms with Crippen LogP contribution >= 0.6 is 0 Å². The molecule has 104 valence electrons. The Kier molecular flexibility index (Phi) is 4.97. The lowest BCUT2D eigenvalue weighted by Crippen LogP contribution is -2.40. The van der Waals surface area contributed by atoms with Gasteiger partial charge in [-0.1, -0.05) is 26.0 Å². The minimum atomic E-state index is 0.124. The van der Waals surface area contributed by atoms with Crippen molar-refractivity contribution in [3.8, 4) is 0 Å². The predicted octanol–water partition coefficient (Wildman–Crippen LogP) is 2.75. The standard InChI is InChI=1S/C16H23NO2/c1-13(2)3-4-14-5-7-15(8-6-14)16(18)17-9-11-19-12-10-17/h5-8,13H,3-4,9-12H2,1-2H3. The van der Waals surface area contributed by atoms with E-state index in [9.17, 15) is 4.79 Å². The van der Waals surface area contributed by atoms with Gasteiger partial charge in [0.1, 0.15) is 0 Å². The average molecular weight is 261 g/mol. The van der Waals surface area contributed by atoms with Gasteiger partial charge in [-0.15, -0.1) is 0 Å². The topological polar surface area (TPSA) is 29.5 Å². The Bertz CT molecular complexity index is 405. The highest BCUT2D eigenvalue weighted by Gasteiger charge is 2.18. The monoisotopic (exact) mass is 261 g/mol. The molecule has 0 spiro atoms. The number of ether oxygens (including phenoxy) is 1. The molecule has 1 amide bonds. The molecule has 0 bridgehead atoms. The normalized spacial score (nSPS) is 15.8. The molecule has 3 heteroatoms. The average Bonchev–Trinajstić information content (AvgIpc) is 2.46. The summed E-state index contributed by atoms with van der Waals surface area (Å²) in [6.45, 7) is 7.17. The summed E-state index contributed by atoms with van der Waals surface area (Å²) in [4.78, 5) is 14.1. The van der Waals surface area contributed by atoms with Gasteiger partial charge in [0.05, 0.1) is 13.2 Å². The highest BCUT2D eigenvalue weighted by Crippen LogP contribution is 2.12. The summed E-state index contributed by atoms with van der Waals surface area (Å²) in [6.07, 6.45) is 2.28. The predicted molar refractivity (Wildman–Crippen MR) is 76.3 cm³/mol. The van der Waals surface area contributed by atoms with Crippen molar-refractivity contribution < 1.29 is 9.53 Å². The van der Waals surface area contributed by atoms with Crippen LogP contribution in [0.1, 0.15) is 36.2 Å². The Morgan fingerprint density at radius 2 is 1.84 bits per heavy atom. The largest absolute Gasteiger partial charge is 0.378 e. The molecule has 0 atom stereocenters. The van der Waals surface area contributed by atoms with E-state index in [0.29, 0.717) is 26.3 Å². The third-order valence-corrected chi connectivity index (χ3v) is 3.51. The Hall–Kier alpha value is -1.35. The van der Waals surface area contributed by atoms with Gasteiger partial charge in [0.2, 0.25) is 0 Å². The van der Waals surface area contributed by atoms with Gasteiger partial charge < -0.3 is 9.64 Å². The van der Waals surface area contributed by atoms with Crippen molar-refractivity contribution in [2.45, 2.75) is 26.7 Å². The summed E-state index contributed by atoms with van der Waals surface area (Å²) in [5.74, 6) is 0.841. The van der Waals surface area contributed by atoms with Crippen LogP contribution in [0.15, 0.2) is 24.3 Å². The Morgan fingerprint density at radius 1 is 1.21 bits per heavy atom. The summed E-state index contributed by atoms with van der Waals surface area (Å²) >= 11 is 0. The molecule has 19 heavy (non-hydrogen) atoms. The van der Waals surface area contributed by atoms with Gasteiger partial charge in [0.15, 0.2) is 0 Å². The minimum Gasteiger partial charge on any atom is -0.378 e. The molecule has 1 aromatic rings. The first-order chi connectivity index (χ1) is 9.16. The van der Waals surface area contributed by atoms with Gasteiger partial charge >= 0.3 is 0 Å². The van der Waals surface area contributed by atoms with Crippen molar-refractivity contribution in [2.75, 3.05) is 26.3 Å². The molecule has 1 aromatic carbocycles. The first kappa shape index (κ1) is 14.1. The second-order valence-corrected chi connectivity index (χ2v) is 5.53. The second-order valence-electron chi connectivity index (χ2n) is 5.53. The zero-order valence-corrected chi connectivity index (χ0v) is 11.9. The minimum absolute atomic E-state index is 0.124.